The van der Waals surface area contributed by atoms with E-state index < -0.39 is 5.54 Å². The molecule has 0 aromatic carbocycles. The van der Waals surface area contributed by atoms with E-state index in [4.69, 9.17) is 4.74 Å². The minimum atomic E-state index is -0.637. The fraction of sp³-hybridized carbons (Fsp3) is 0.909. The molecule has 2 N–H and O–H groups in total. The van der Waals surface area contributed by atoms with Crippen LogP contribution in [0.3, 0.4) is 0 Å². The summed E-state index contributed by atoms with van der Waals surface area (Å²) in [4.78, 5) is 11.4. The lowest BCUT2D eigenvalue weighted by molar-refractivity contribution is -0.147. The van der Waals surface area contributed by atoms with Gasteiger partial charge < -0.3 is 9.84 Å². The summed E-state index contributed by atoms with van der Waals surface area (Å²) in [6.45, 7) is 3.65. The fourth-order valence-electron chi connectivity index (χ4n) is 2.04. The van der Waals surface area contributed by atoms with E-state index in [1.165, 1.54) is 7.11 Å². The minimum Gasteiger partial charge on any atom is -0.468 e. The van der Waals surface area contributed by atoms with Crippen LogP contribution >= 0.6 is 0 Å². The summed E-state index contributed by atoms with van der Waals surface area (Å²) >= 11 is 0. The number of carbonyl (C=O) groups is 1. The van der Waals surface area contributed by atoms with Crippen molar-refractivity contribution >= 4 is 5.97 Å². The van der Waals surface area contributed by atoms with Crippen LogP contribution in [-0.2, 0) is 9.53 Å². The number of carbonyl (C=O) groups excluding carboxylic acids is 1. The van der Waals surface area contributed by atoms with E-state index in [-0.39, 0.29) is 12.1 Å². The molecule has 0 bridgehead atoms. The smallest absolute Gasteiger partial charge is 0.325 e. The van der Waals surface area contributed by atoms with Gasteiger partial charge in [0.25, 0.3) is 0 Å². The highest BCUT2D eigenvalue weighted by molar-refractivity contribution is 5.79. The largest absolute Gasteiger partial charge is 0.468 e. The second kappa shape index (κ2) is 4.94. The lowest BCUT2D eigenvalue weighted by atomic mass is 9.91. The van der Waals surface area contributed by atoms with Crippen LogP contribution in [0.1, 0.15) is 39.5 Å². The number of hydrogen-bond acceptors (Lipinski definition) is 4. The Morgan fingerprint density at radius 3 is 2.33 bits per heavy atom. The van der Waals surface area contributed by atoms with Crippen LogP contribution in [0.25, 0.3) is 0 Å². The van der Waals surface area contributed by atoms with Crippen molar-refractivity contribution in [2.75, 3.05) is 7.11 Å². The number of ether oxygens (including phenoxy) is 1. The molecule has 88 valence electrons. The standard InChI is InChI=1S/C11H21NO3/c1-11(2,10(14)15-3)12-8-4-6-9(13)7-5-8/h8-9,12-13H,4-7H2,1-3H3. The maximum absolute atomic E-state index is 11.4. The summed E-state index contributed by atoms with van der Waals surface area (Å²) < 4.78 is 4.73. The number of nitrogens with one attached hydrogen (secondary N) is 1. The van der Waals surface area contributed by atoms with Crippen LogP contribution < -0.4 is 5.32 Å². The Morgan fingerprint density at radius 2 is 1.87 bits per heavy atom. The highest BCUT2D eigenvalue weighted by atomic mass is 16.5. The average molecular weight is 215 g/mol. The third-order valence-electron chi connectivity index (χ3n) is 2.96. The lowest BCUT2D eigenvalue weighted by Gasteiger charge is -2.33. The van der Waals surface area contributed by atoms with Gasteiger partial charge in [-0.3, -0.25) is 10.1 Å². The van der Waals surface area contributed by atoms with Crippen LogP contribution in [0.4, 0.5) is 0 Å². The Bertz CT molecular complexity index is 220. The summed E-state index contributed by atoms with van der Waals surface area (Å²) in [6, 6.07) is 0.308. The lowest BCUT2D eigenvalue weighted by Crippen LogP contribution is -2.53. The summed E-state index contributed by atoms with van der Waals surface area (Å²) in [5.41, 5.74) is -0.637. The molecule has 4 nitrogen and oxygen atoms in total. The van der Waals surface area contributed by atoms with Crippen molar-refractivity contribution in [3.05, 3.63) is 0 Å². The van der Waals surface area contributed by atoms with Gasteiger partial charge in [0, 0.05) is 6.04 Å². The minimum absolute atomic E-state index is 0.163. The van der Waals surface area contributed by atoms with Crippen molar-refractivity contribution in [3.63, 3.8) is 0 Å². The number of aliphatic hydroxyl groups excluding tert-OH is 1. The summed E-state index contributed by atoms with van der Waals surface area (Å²) in [6.07, 6.45) is 3.30. The predicted molar refractivity (Wildman–Crippen MR) is 57.5 cm³/mol. The SMILES string of the molecule is COC(=O)C(C)(C)NC1CCC(O)CC1. The first-order valence-electron chi connectivity index (χ1n) is 5.50. The molecule has 1 aliphatic carbocycles. The van der Waals surface area contributed by atoms with Crippen LogP contribution in [0.2, 0.25) is 0 Å². The van der Waals surface area contributed by atoms with Gasteiger partial charge in [-0.2, -0.15) is 0 Å². The third-order valence-corrected chi connectivity index (χ3v) is 2.96. The third kappa shape index (κ3) is 3.47. The van der Waals surface area contributed by atoms with Gasteiger partial charge in [0.15, 0.2) is 0 Å². The molecule has 0 atom stereocenters. The molecule has 0 heterocycles. The van der Waals surface area contributed by atoms with Crippen LogP contribution in [-0.4, -0.2) is 35.9 Å². The van der Waals surface area contributed by atoms with E-state index in [1.54, 1.807) is 0 Å². The Balaban J connectivity index is 2.43. The molecule has 15 heavy (non-hydrogen) atoms. The number of hydrogen-bond donors (Lipinski definition) is 2. The van der Waals surface area contributed by atoms with Gasteiger partial charge in [0.2, 0.25) is 0 Å². The predicted octanol–water partition coefficient (Wildman–Crippen LogP) is 0.831. The molecule has 1 saturated carbocycles. The molecule has 0 aromatic rings. The second-order valence-electron chi connectivity index (χ2n) is 4.77. The van der Waals surface area contributed by atoms with E-state index in [1.807, 2.05) is 13.8 Å². The van der Waals surface area contributed by atoms with Gasteiger partial charge in [-0.25, -0.2) is 0 Å². The molecule has 0 aromatic heterocycles. The van der Waals surface area contributed by atoms with E-state index in [9.17, 15) is 9.90 Å². The van der Waals surface area contributed by atoms with Gasteiger partial charge >= 0.3 is 5.97 Å². The summed E-state index contributed by atoms with van der Waals surface area (Å²) in [7, 11) is 1.40. The van der Waals surface area contributed by atoms with E-state index in [0.717, 1.165) is 25.7 Å². The molecule has 1 fully saturated rings. The molecule has 0 aliphatic heterocycles. The van der Waals surface area contributed by atoms with E-state index in [0.29, 0.717) is 6.04 Å². The Morgan fingerprint density at radius 1 is 1.33 bits per heavy atom. The first-order valence-corrected chi connectivity index (χ1v) is 5.50. The molecular formula is C11H21NO3. The van der Waals surface area contributed by atoms with Crippen molar-refractivity contribution in [2.45, 2.75) is 57.2 Å². The Labute approximate surface area is 91.0 Å². The second-order valence-corrected chi connectivity index (χ2v) is 4.77. The molecular weight excluding hydrogens is 194 g/mol. The molecule has 1 aliphatic rings. The highest BCUT2D eigenvalue weighted by Crippen LogP contribution is 2.20. The van der Waals surface area contributed by atoms with Gasteiger partial charge in [-0.1, -0.05) is 0 Å². The zero-order chi connectivity index (χ0) is 11.5. The van der Waals surface area contributed by atoms with Crippen molar-refractivity contribution in [3.8, 4) is 0 Å². The van der Waals surface area contributed by atoms with E-state index >= 15 is 0 Å². The number of aliphatic hydroxyl groups is 1. The first kappa shape index (κ1) is 12.5. The average Bonchev–Trinajstić information content (AvgIpc) is 2.20. The van der Waals surface area contributed by atoms with Crippen molar-refractivity contribution < 1.29 is 14.6 Å². The molecule has 1 rings (SSSR count). The summed E-state index contributed by atoms with van der Waals surface area (Å²) in [5.74, 6) is -0.242. The van der Waals surface area contributed by atoms with Crippen molar-refractivity contribution in [1.82, 2.24) is 5.32 Å². The molecule has 0 spiro atoms. The topological polar surface area (TPSA) is 58.6 Å². The van der Waals surface area contributed by atoms with Crippen molar-refractivity contribution in [2.24, 2.45) is 0 Å². The number of methoxy groups -OCH3 is 1. The maximum atomic E-state index is 11.4. The molecule has 0 unspecified atom stereocenters. The maximum Gasteiger partial charge on any atom is 0.325 e. The van der Waals surface area contributed by atoms with Gasteiger partial charge in [0.05, 0.1) is 13.2 Å². The normalized spacial score (nSPS) is 27.5. The Kier molecular flexibility index (Phi) is 4.11. The first-order chi connectivity index (χ1) is 6.95. The molecule has 4 heteroatoms. The van der Waals surface area contributed by atoms with E-state index in [2.05, 4.69) is 5.32 Å². The van der Waals surface area contributed by atoms with Gasteiger partial charge in [0.1, 0.15) is 5.54 Å². The summed E-state index contributed by atoms with van der Waals surface area (Å²) in [5, 5.41) is 12.6. The number of esters is 1. The van der Waals surface area contributed by atoms with Crippen LogP contribution in [0, 0.1) is 0 Å². The monoisotopic (exact) mass is 215 g/mol. The van der Waals surface area contributed by atoms with Gasteiger partial charge in [-0.15, -0.1) is 0 Å². The molecule has 0 saturated heterocycles. The quantitative estimate of drug-likeness (QED) is 0.685. The number of rotatable bonds is 3. The Hall–Kier alpha value is -0.610. The molecule has 0 amide bonds. The fourth-order valence-corrected chi connectivity index (χ4v) is 2.04. The van der Waals surface area contributed by atoms with Crippen LogP contribution in [0.15, 0.2) is 0 Å². The highest BCUT2D eigenvalue weighted by Gasteiger charge is 2.32. The zero-order valence-electron chi connectivity index (χ0n) is 9.75. The molecule has 0 radical (unpaired) electrons. The van der Waals surface area contributed by atoms with Gasteiger partial charge in [-0.05, 0) is 39.5 Å². The van der Waals surface area contributed by atoms with Crippen molar-refractivity contribution in [1.29, 1.82) is 0 Å². The van der Waals surface area contributed by atoms with Crippen LogP contribution in [0.5, 0.6) is 0 Å². The zero-order valence-corrected chi connectivity index (χ0v) is 9.75.